The average molecular weight is 755 g/mol. The first-order valence-electron chi connectivity index (χ1n) is 17.1. The third-order valence-electron chi connectivity index (χ3n) is 9.99. The fourth-order valence-corrected chi connectivity index (χ4v) is 8.10. The molecule has 0 spiro atoms. The third kappa shape index (κ3) is 8.06. The zero-order valence-corrected chi connectivity index (χ0v) is 34.8. The molecule has 4 aromatic rings. The van der Waals surface area contributed by atoms with E-state index in [0.717, 1.165) is 6.42 Å². The van der Waals surface area contributed by atoms with Gasteiger partial charge in [-0.1, -0.05) is 122 Å². The van der Waals surface area contributed by atoms with E-state index in [1.54, 1.807) is 0 Å². The van der Waals surface area contributed by atoms with E-state index >= 15 is 0 Å². The van der Waals surface area contributed by atoms with Crippen LogP contribution in [0.25, 0.3) is 32.7 Å². The van der Waals surface area contributed by atoms with E-state index in [-0.39, 0.29) is 35.6 Å². The Balaban J connectivity index is 0.000000229. The van der Waals surface area contributed by atoms with E-state index in [1.165, 1.54) is 102 Å². The second-order valence-electron chi connectivity index (χ2n) is 15.6. The fourth-order valence-electron chi connectivity index (χ4n) is 7.63. The Hall–Kier alpha value is -2.18. The van der Waals surface area contributed by atoms with Crippen LogP contribution in [0.2, 0.25) is 0 Å². The van der Waals surface area contributed by atoms with Crippen molar-refractivity contribution in [2.75, 3.05) is 0 Å². The summed E-state index contributed by atoms with van der Waals surface area (Å²) in [6, 6.07) is 22.4. The van der Waals surface area contributed by atoms with Gasteiger partial charge in [-0.3, -0.25) is 6.08 Å². The van der Waals surface area contributed by atoms with E-state index < -0.39 is 0 Å². The monoisotopic (exact) mass is 752 g/mol. The van der Waals surface area contributed by atoms with Gasteiger partial charge >= 0.3 is 63.8 Å². The van der Waals surface area contributed by atoms with Gasteiger partial charge in [0.05, 0.1) is 0 Å². The number of benzene rings is 3. The Kier molecular flexibility index (Phi) is 12.9. The number of hydrogen-bond acceptors (Lipinski definition) is 0. The minimum atomic E-state index is 0. The summed E-state index contributed by atoms with van der Waals surface area (Å²) in [7, 11) is 0. The summed E-state index contributed by atoms with van der Waals surface area (Å²) in [6.07, 6.45) is 13.1. The van der Waals surface area contributed by atoms with Gasteiger partial charge in [0.1, 0.15) is 0 Å². The molecule has 7 rings (SSSR count). The predicted octanol–water partition coefficient (Wildman–Crippen LogP) is 6.63. The molecular formula is C45H52Cl2Zr-2. The molecule has 3 aliphatic carbocycles. The van der Waals surface area contributed by atoms with Crippen LogP contribution in [0, 0.1) is 17.4 Å². The van der Waals surface area contributed by atoms with Gasteiger partial charge in [-0.15, -0.1) is 39.7 Å². The van der Waals surface area contributed by atoms with Crippen LogP contribution in [-0.4, -0.2) is 3.71 Å². The van der Waals surface area contributed by atoms with Gasteiger partial charge in [0.2, 0.25) is 0 Å². The molecule has 0 N–H and O–H groups in total. The molecule has 0 aromatic heterocycles. The summed E-state index contributed by atoms with van der Waals surface area (Å²) < 4.78 is 2.17. The maximum atomic E-state index is 3.57. The molecule has 252 valence electrons. The first kappa shape index (κ1) is 40.3. The molecule has 0 fully saturated rings. The van der Waals surface area contributed by atoms with Gasteiger partial charge in [-0.05, 0) is 36.1 Å². The molecular weight excluding hydrogens is 703 g/mol. The van der Waals surface area contributed by atoms with Crippen LogP contribution in [0.5, 0.6) is 0 Å². The number of fused-ring (bicyclic) bond motifs is 5. The molecule has 0 bridgehead atoms. The quantitative estimate of drug-likeness (QED) is 0.206. The first-order valence-corrected chi connectivity index (χ1v) is 18.5. The second-order valence-corrected chi connectivity index (χ2v) is 16.3. The summed E-state index contributed by atoms with van der Waals surface area (Å²) in [4.78, 5) is 0. The zero-order chi connectivity index (χ0) is 33.6. The van der Waals surface area contributed by atoms with Gasteiger partial charge in [0.25, 0.3) is 0 Å². The maximum absolute atomic E-state index is 3.57. The van der Waals surface area contributed by atoms with E-state index in [4.69, 9.17) is 0 Å². The molecule has 0 saturated heterocycles. The molecule has 0 heterocycles. The second kappa shape index (κ2) is 15.4. The molecule has 0 saturated carbocycles. The van der Waals surface area contributed by atoms with Gasteiger partial charge < -0.3 is 24.8 Å². The van der Waals surface area contributed by atoms with Crippen LogP contribution in [0.15, 0.2) is 90.0 Å². The third-order valence-corrected chi connectivity index (χ3v) is 10.8. The molecule has 0 amide bonds. The van der Waals surface area contributed by atoms with Crippen molar-refractivity contribution >= 4 is 36.4 Å². The van der Waals surface area contributed by atoms with E-state index in [9.17, 15) is 0 Å². The minimum absolute atomic E-state index is 0. The van der Waals surface area contributed by atoms with Crippen molar-refractivity contribution in [3.05, 3.63) is 124 Å². The predicted molar refractivity (Wildman–Crippen MR) is 200 cm³/mol. The van der Waals surface area contributed by atoms with E-state index in [0.29, 0.717) is 11.3 Å². The topological polar surface area (TPSA) is 0 Å². The van der Waals surface area contributed by atoms with Crippen molar-refractivity contribution in [2.24, 2.45) is 11.3 Å². The van der Waals surface area contributed by atoms with Gasteiger partial charge in [0, 0.05) is 10.8 Å². The molecule has 1 atom stereocenters. The number of halogens is 2. The zero-order valence-electron chi connectivity index (χ0n) is 30.8. The van der Waals surface area contributed by atoms with Crippen molar-refractivity contribution < 1.29 is 49.0 Å². The summed E-state index contributed by atoms with van der Waals surface area (Å²) in [5.41, 5.74) is 13.5. The molecule has 0 aliphatic heterocycles. The van der Waals surface area contributed by atoms with Crippen molar-refractivity contribution in [2.45, 2.75) is 99.8 Å². The Morgan fingerprint density at radius 2 is 1.27 bits per heavy atom. The Labute approximate surface area is 318 Å². The standard InChI is InChI=1S/C25H25.C13H21.C7H6.2ClH.Zr/c1-14-12-24(3,4)22-8-16-7-17-9-23-19(15(2)13-25(23,5)6)11-21(17)20(16)10-18(14)22;1-6-10-8-11(7-2)12(9-10)13(3,4)5;1-7-5-3-2-4-6-7;;;/h7-13H,1-6H3;9-10H,6-7H2,1-5H3;1-6H;2*1H;/q2*-1;;;;+2/p-2. The van der Waals surface area contributed by atoms with E-state index in [2.05, 4.69) is 159 Å². The number of allylic oxidation sites excluding steroid dienone is 8. The molecule has 3 aliphatic rings. The van der Waals surface area contributed by atoms with Crippen LogP contribution < -0.4 is 24.8 Å². The van der Waals surface area contributed by atoms with Crippen LogP contribution in [-0.2, 0) is 35.1 Å². The van der Waals surface area contributed by atoms with Gasteiger partial charge in [-0.2, -0.15) is 11.6 Å². The molecule has 1 unspecified atom stereocenters. The number of rotatable bonds is 3. The Morgan fingerprint density at radius 1 is 0.792 bits per heavy atom. The Bertz CT molecular complexity index is 1830. The summed E-state index contributed by atoms with van der Waals surface area (Å²) in [5, 5.41) is 5.57. The first-order chi connectivity index (χ1) is 21.6. The molecule has 3 heteroatoms. The van der Waals surface area contributed by atoms with Gasteiger partial charge in [0.15, 0.2) is 0 Å². The van der Waals surface area contributed by atoms with Crippen molar-refractivity contribution in [3.63, 3.8) is 0 Å². The Morgan fingerprint density at radius 3 is 1.62 bits per heavy atom. The molecule has 0 nitrogen and oxygen atoms in total. The van der Waals surface area contributed by atoms with Crippen molar-refractivity contribution in [1.29, 1.82) is 0 Å². The van der Waals surface area contributed by atoms with E-state index in [1.807, 2.05) is 6.07 Å². The van der Waals surface area contributed by atoms with Crippen LogP contribution in [0.1, 0.15) is 117 Å². The van der Waals surface area contributed by atoms with Crippen molar-refractivity contribution in [3.8, 4) is 0 Å². The molecule has 48 heavy (non-hydrogen) atoms. The van der Waals surface area contributed by atoms with Crippen LogP contribution >= 0.6 is 0 Å². The fraction of sp³-hybridized carbons (Fsp3) is 0.378. The summed E-state index contributed by atoms with van der Waals surface area (Å²) >= 11 is 1.46. The van der Waals surface area contributed by atoms with Crippen molar-refractivity contribution in [1.82, 2.24) is 0 Å². The van der Waals surface area contributed by atoms with Crippen LogP contribution in [0.3, 0.4) is 0 Å². The number of hydrogen-bond donors (Lipinski definition) is 0. The SMILES string of the molecule is CC1=CC(C)(C)c2cc3[cH-]c4cc5c(cc4c3cc21)C(C)=CC5(C)C.CCC1=[C-]C(CC)C=C1C(C)(C)C.[Cl-].[Cl-].[Zr+2]=[CH]c1ccccc1. The molecule has 0 radical (unpaired) electrons. The van der Waals surface area contributed by atoms with Gasteiger partial charge in [-0.25, -0.2) is 5.57 Å². The van der Waals surface area contributed by atoms with Crippen LogP contribution in [0.4, 0.5) is 0 Å². The normalized spacial score (nSPS) is 18.1. The summed E-state index contributed by atoms with van der Waals surface area (Å²) in [5.74, 6) is 0.573. The molecule has 4 aromatic carbocycles. The summed E-state index contributed by atoms with van der Waals surface area (Å²) in [6.45, 7) is 25.1. The average Bonchev–Trinajstić information content (AvgIpc) is 3.72.